The molecule has 19 heavy (non-hydrogen) atoms. The lowest BCUT2D eigenvalue weighted by Crippen LogP contribution is -2.43. The smallest absolute Gasteiger partial charge is 0.233 e. The third-order valence-electron chi connectivity index (χ3n) is 4.17. The third kappa shape index (κ3) is 2.65. The molecule has 3 nitrogen and oxygen atoms in total. The van der Waals surface area contributed by atoms with E-state index in [9.17, 15) is 4.79 Å². The van der Waals surface area contributed by atoms with Crippen LogP contribution >= 0.6 is 11.8 Å². The summed E-state index contributed by atoms with van der Waals surface area (Å²) in [5.74, 6) is 1.51. The molecule has 0 aliphatic carbocycles. The van der Waals surface area contributed by atoms with Crippen LogP contribution in [0.1, 0.15) is 13.3 Å². The fraction of sp³-hybridized carbons (Fsp3) is 0.533. The van der Waals surface area contributed by atoms with Crippen LogP contribution in [0.5, 0.6) is 0 Å². The minimum atomic E-state index is 0.289. The van der Waals surface area contributed by atoms with Crippen molar-refractivity contribution >= 4 is 17.7 Å². The van der Waals surface area contributed by atoms with E-state index in [1.165, 1.54) is 4.90 Å². The predicted molar refractivity (Wildman–Crippen MR) is 78.2 cm³/mol. The van der Waals surface area contributed by atoms with Gasteiger partial charge in [0, 0.05) is 30.1 Å². The number of nitrogens with one attached hydrogen (secondary N) is 1. The second kappa shape index (κ2) is 5.55. The SMILES string of the molecule is CC1CC2CNCC2N1C(=O)CSc1ccccc1. The summed E-state index contributed by atoms with van der Waals surface area (Å²) in [6.07, 6.45) is 1.15. The molecular formula is C15H20N2OS. The molecule has 2 fully saturated rings. The number of nitrogens with zero attached hydrogens (tertiary/aromatic N) is 1. The molecule has 1 aromatic carbocycles. The molecule has 3 unspecified atom stereocenters. The fourth-order valence-electron chi connectivity index (χ4n) is 3.33. The molecular weight excluding hydrogens is 256 g/mol. The van der Waals surface area contributed by atoms with Crippen LogP contribution in [0.2, 0.25) is 0 Å². The highest BCUT2D eigenvalue weighted by Gasteiger charge is 2.43. The second-order valence-corrected chi connectivity index (χ2v) is 6.52. The molecule has 1 N–H and O–H groups in total. The maximum Gasteiger partial charge on any atom is 0.233 e. The lowest BCUT2D eigenvalue weighted by atomic mass is 10.0. The molecule has 0 radical (unpaired) electrons. The first-order chi connectivity index (χ1) is 9.25. The van der Waals surface area contributed by atoms with E-state index in [4.69, 9.17) is 0 Å². The van der Waals surface area contributed by atoms with E-state index in [2.05, 4.69) is 29.3 Å². The Morgan fingerprint density at radius 1 is 1.37 bits per heavy atom. The number of rotatable bonds is 3. The van der Waals surface area contributed by atoms with E-state index in [-0.39, 0.29) is 5.91 Å². The zero-order valence-electron chi connectivity index (χ0n) is 11.2. The first-order valence-corrected chi connectivity index (χ1v) is 7.94. The van der Waals surface area contributed by atoms with Crippen LogP contribution in [0.25, 0.3) is 0 Å². The van der Waals surface area contributed by atoms with Gasteiger partial charge in [-0.25, -0.2) is 0 Å². The van der Waals surface area contributed by atoms with Crippen LogP contribution in [0.15, 0.2) is 35.2 Å². The van der Waals surface area contributed by atoms with E-state index in [1.807, 2.05) is 18.2 Å². The summed E-state index contributed by atoms with van der Waals surface area (Å²) in [6, 6.07) is 11.0. The maximum atomic E-state index is 12.4. The van der Waals surface area contributed by atoms with Gasteiger partial charge in [0.15, 0.2) is 0 Å². The molecule has 0 spiro atoms. The predicted octanol–water partition coefficient (Wildman–Crippen LogP) is 1.99. The summed E-state index contributed by atoms with van der Waals surface area (Å²) in [5, 5.41) is 3.40. The Bertz CT molecular complexity index is 451. The molecule has 2 aliphatic rings. The standard InChI is InChI=1S/C15H20N2OS/c1-11-7-12-8-16-9-14(12)17(11)15(18)10-19-13-5-3-2-4-6-13/h2-6,11-12,14,16H,7-10H2,1H3. The van der Waals surface area contributed by atoms with Crippen LogP contribution < -0.4 is 5.32 Å². The van der Waals surface area contributed by atoms with Crippen molar-refractivity contribution < 1.29 is 4.79 Å². The number of carbonyl (C=O) groups is 1. The average Bonchev–Trinajstić information content (AvgIpc) is 2.97. The van der Waals surface area contributed by atoms with E-state index in [1.54, 1.807) is 11.8 Å². The van der Waals surface area contributed by atoms with Crippen molar-refractivity contribution in [2.75, 3.05) is 18.8 Å². The summed E-state index contributed by atoms with van der Waals surface area (Å²) in [5.41, 5.74) is 0. The van der Waals surface area contributed by atoms with Crippen LogP contribution in [0.3, 0.4) is 0 Å². The Hall–Kier alpha value is -1.00. The number of likely N-dealkylation sites (tertiary alicyclic amines) is 1. The quantitative estimate of drug-likeness (QED) is 0.857. The van der Waals surface area contributed by atoms with Gasteiger partial charge in [-0.05, 0) is 31.4 Å². The number of hydrogen-bond donors (Lipinski definition) is 1. The van der Waals surface area contributed by atoms with Gasteiger partial charge in [0.1, 0.15) is 0 Å². The van der Waals surface area contributed by atoms with Crippen molar-refractivity contribution in [3.05, 3.63) is 30.3 Å². The van der Waals surface area contributed by atoms with E-state index in [0.717, 1.165) is 19.5 Å². The van der Waals surface area contributed by atoms with Crippen LogP contribution in [0, 0.1) is 5.92 Å². The lowest BCUT2D eigenvalue weighted by molar-refractivity contribution is -0.130. The van der Waals surface area contributed by atoms with Crippen molar-refractivity contribution in [3.8, 4) is 0 Å². The highest BCUT2D eigenvalue weighted by Crippen LogP contribution is 2.33. The highest BCUT2D eigenvalue weighted by molar-refractivity contribution is 8.00. The summed E-state index contributed by atoms with van der Waals surface area (Å²) >= 11 is 1.64. The molecule has 0 aromatic heterocycles. The topological polar surface area (TPSA) is 32.3 Å². The van der Waals surface area contributed by atoms with Gasteiger partial charge < -0.3 is 10.2 Å². The maximum absolute atomic E-state index is 12.4. The van der Waals surface area contributed by atoms with Gasteiger partial charge in [0.2, 0.25) is 5.91 Å². The number of benzene rings is 1. The number of thioether (sulfide) groups is 1. The molecule has 1 aromatic rings. The molecule has 2 heterocycles. The normalized spacial score (nSPS) is 29.5. The Morgan fingerprint density at radius 2 is 2.16 bits per heavy atom. The van der Waals surface area contributed by atoms with Crippen molar-refractivity contribution in [2.45, 2.75) is 30.3 Å². The van der Waals surface area contributed by atoms with Crippen LogP contribution in [0.4, 0.5) is 0 Å². The first-order valence-electron chi connectivity index (χ1n) is 6.95. The summed E-state index contributed by atoms with van der Waals surface area (Å²) in [7, 11) is 0. The van der Waals surface area contributed by atoms with Crippen LogP contribution in [-0.4, -0.2) is 41.7 Å². The summed E-state index contributed by atoms with van der Waals surface area (Å²) in [6.45, 7) is 4.23. The highest BCUT2D eigenvalue weighted by atomic mass is 32.2. The van der Waals surface area contributed by atoms with E-state index in [0.29, 0.717) is 23.8 Å². The molecule has 1 amide bonds. The second-order valence-electron chi connectivity index (χ2n) is 5.47. The molecule has 3 rings (SSSR count). The van der Waals surface area contributed by atoms with Crippen molar-refractivity contribution in [1.82, 2.24) is 10.2 Å². The Kier molecular flexibility index (Phi) is 3.80. The monoisotopic (exact) mass is 276 g/mol. The number of carbonyl (C=O) groups excluding carboxylic acids is 1. The number of amides is 1. The Balaban J connectivity index is 1.61. The number of fused-ring (bicyclic) bond motifs is 1. The molecule has 4 heteroatoms. The zero-order chi connectivity index (χ0) is 13.2. The average molecular weight is 276 g/mol. The Morgan fingerprint density at radius 3 is 2.95 bits per heavy atom. The first kappa shape index (κ1) is 13.0. The van der Waals surface area contributed by atoms with Crippen LogP contribution in [-0.2, 0) is 4.79 Å². The molecule has 0 bridgehead atoms. The summed E-state index contributed by atoms with van der Waals surface area (Å²) in [4.78, 5) is 15.7. The van der Waals surface area contributed by atoms with E-state index >= 15 is 0 Å². The third-order valence-corrected chi connectivity index (χ3v) is 5.17. The zero-order valence-corrected chi connectivity index (χ0v) is 12.0. The number of hydrogen-bond acceptors (Lipinski definition) is 3. The van der Waals surface area contributed by atoms with Gasteiger partial charge in [0.25, 0.3) is 0 Å². The summed E-state index contributed by atoms with van der Waals surface area (Å²) < 4.78 is 0. The molecule has 0 saturated carbocycles. The largest absolute Gasteiger partial charge is 0.335 e. The molecule has 3 atom stereocenters. The minimum absolute atomic E-state index is 0.289. The van der Waals surface area contributed by atoms with Gasteiger partial charge in [-0.3, -0.25) is 4.79 Å². The molecule has 2 saturated heterocycles. The molecule has 2 aliphatic heterocycles. The van der Waals surface area contributed by atoms with Crippen molar-refractivity contribution in [2.24, 2.45) is 5.92 Å². The van der Waals surface area contributed by atoms with Gasteiger partial charge in [0.05, 0.1) is 5.75 Å². The van der Waals surface area contributed by atoms with E-state index < -0.39 is 0 Å². The van der Waals surface area contributed by atoms with Crippen molar-refractivity contribution in [3.63, 3.8) is 0 Å². The minimum Gasteiger partial charge on any atom is -0.335 e. The Labute approximate surface area is 118 Å². The lowest BCUT2D eigenvalue weighted by Gasteiger charge is -2.27. The fourth-order valence-corrected chi connectivity index (χ4v) is 4.12. The molecule has 102 valence electrons. The van der Waals surface area contributed by atoms with Gasteiger partial charge in [-0.1, -0.05) is 18.2 Å². The van der Waals surface area contributed by atoms with Gasteiger partial charge in [-0.2, -0.15) is 0 Å². The van der Waals surface area contributed by atoms with Crippen molar-refractivity contribution in [1.29, 1.82) is 0 Å². The van der Waals surface area contributed by atoms with Gasteiger partial charge in [-0.15, -0.1) is 11.8 Å². The van der Waals surface area contributed by atoms with Gasteiger partial charge >= 0.3 is 0 Å².